The van der Waals surface area contributed by atoms with Crippen molar-refractivity contribution in [3.63, 3.8) is 0 Å². The monoisotopic (exact) mass is 942 g/mol. The number of aliphatic hydroxyl groups is 2. The fourth-order valence-corrected chi connectivity index (χ4v) is 9.94. The summed E-state index contributed by atoms with van der Waals surface area (Å²) in [6.45, 7) is 4.35. The Kier molecular flexibility index (Phi) is 58.2. The fourth-order valence-electron chi connectivity index (χ4n) is 9.94. The third kappa shape index (κ3) is 55.7. The molecule has 67 heavy (non-hydrogen) atoms. The molecule has 398 valence electrons. The lowest BCUT2D eigenvalue weighted by atomic mass is 10.0. The highest BCUT2D eigenvalue weighted by atomic mass is 16.3. The van der Waals surface area contributed by atoms with Gasteiger partial charge in [-0.05, 0) is 44.9 Å². The van der Waals surface area contributed by atoms with Gasteiger partial charge in [-0.2, -0.15) is 0 Å². The van der Waals surface area contributed by atoms with E-state index in [1.165, 1.54) is 308 Å². The Hall–Kier alpha value is -1.13. The Morgan fingerprint density at radius 1 is 0.343 bits per heavy atom. The van der Waals surface area contributed by atoms with Crippen LogP contribution in [0.15, 0.2) is 24.3 Å². The van der Waals surface area contributed by atoms with E-state index in [1.54, 1.807) is 6.08 Å². The first-order valence-corrected chi connectivity index (χ1v) is 31.1. The van der Waals surface area contributed by atoms with Crippen LogP contribution in [0.1, 0.15) is 354 Å². The first-order valence-electron chi connectivity index (χ1n) is 31.1. The number of carbonyl (C=O) groups is 1. The summed E-state index contributed by atoms with van der Waals surface area (Å²) in [4.78, 5) is 12.5. The van der Waals surface area contributed by atoms with Crippen molar-refractivity contribution in [3.05, 3.63) is 24.3 Å². The average molecular weight is 943 g/mol. The highest BCUT2D eigenvalue weighted by Crippen LogP contribution is 2.18. The predicted octanol–water partition coefficient (Wildman–Crippen LogP) is 20.7. The summed E-state index contributed by atoms with van der Waals surface area (Å²) in [5.74, 6) is -0.0565. The van der Waals surface area contributed by atoms with Gasteiger partial charge in [0.1, 0.15) is 0 Å². The molecule has 0 radical (unpaired) electrons. The molecule has 0 aliphatic carbocycles. The topological polar surface area (TPSA) is 69.6 Å². The number of hydrogen-bond acceptors (Lipinski definition) is 3. The maximum Gasteiger partial charge on any atom is 0.220 e. The second-order valence-corrected chi connectivity index (χ2v) is 21.5. The lowest BCUT2D eigenvalue weighted by Gasteiger charge is -2.20. The first-order chi connectivity index (χ1) is 33.2. The van der Waals surface area contributed by atoms with Crippen LogP contribution >= 0.6 is 0 Å². The van der Waals surface area contributed by atoms with E-state index in [2.05, 4.69) is 31.3 Å². The van der Waals surface area contributed by atoms with Crippen molar-refractivity contribution in [2.24, 2.45) is 0 Å². The van der Waals surface area contributed by atoms with E-state index in [0.29, 0.717) is 6.42 Å². The molecule has 0 aromatic rings. The van der Waals surface area contributed by atoms with Crippen molar-refractivity contribution < 1.29 is 15.0 Å². The lowest BCUT2D eigenvalue weighted by Crippen LogP contribution is -2.45. The molecule has 2 atom stereocenters. The molecule has 0 aromatic carbocycles. The van der Waals surface area contributed by atoms with Crippen molar-refractivity contribution in [1.82, 2.24) is 5.32 Å². The fraction of sp³-hybridized carbons (Fsp3) is 0.921. The molecule has 0 heterocycles. The number of carbonyl (C=O) groups excluding carboxylic acids is 1. The largest absolute Gasteiger partial charge is 0.394 e. The third-order valence-electron chi connectivity index (χ3n) is 14.7. The van der Waals surface area contributed by atoms with Crippen LogP contribution in [0, 0.1) is 0 Å². The Morgan fingerprint density at radius 3 is 0.821 bits per heavy atom. The number of nitrogens with one attached hydrogen (secondary N) is 1. The van der Waals surface area contributed by atoms with Crippen molar-refractivity contribution in [1.29, 1.82) is 0 Å². The Morgan fingerprint density at radius 2 is 0.567 bits per heavy atom. The van der Waals surface area contributed by atoms with Gasteiger partial charge >= 0.3 is 0 Å². The third-order valence-corrected chi connectivity index (χ3v) is 14.7. The molecule has 0 rings (SSSR count). The van der Waals surface area contributed by atoms with Gasteiger partial charge in [0.05, 0.1) is 18.8 Å². The zero-order chi connectivity index (χ0) is 48.5. The van der Waals surface area contributed by atoms with Crippen molar-refractivity contribution in [3.8, 4) is 0 Å². The highest BCUT2D eigenvalue weighted by molar-refractivity contribution is 5.76. The van der Waals surface area contributed by atoms with Crippen LogP contribution in [0.2, 0.25) is 0 Å². The van der Waals surface area contributed by atoms with Gasteiger partial charge in [0.2, 0.25) is 5.91 Å². The minimum atomic E-state index is -0.838. The summed E-state index contributed by atoms with van der Waals surface area (Å²) in [5, 5.41) is 23.2. The summed E-state index contributed by atoms with van der Waals surface area (Å²) in [6.07, 6.45) is 79.4. The second kappa shape index (κ2) is 59.2. The summed E-state index contributed by atoms with van der Waals surface area (Å²) in [5.41, 5.74) is 0. The molecular formula is C63H123NO3. The van der Waals surface area contributed by atoms with Crippen LogP contribution in [-0.4, -0.2) is 34.9 Å². The molecule has 2 unspecified atom stereocenters. The van der Waals surface area contributed by atoms with Gasteiger partial charge in [-0.1, -0.05) is 327 Å². The molecule has 1 amide bonds. The zero-order valence-corrected chi connectivity index (χ0v) is 46.0. The maximum atomic E-state index is 12.5. The zero-order valence-electron chi connectivity index (χ0n) is 46.0. The van der Waals surface area contributed by atoms with Crippen LogP contribution in [-0.2, 0) is 4.79 Å². The van der Waals surface area contributed by atoms with E-state index in [1.807, 2.05) is 6.08 Å². The molecule has 0 saturated heterocycles. The molecule has 0 saturated carbocycles. The van der Waals surface area contributed by atoms with Gasteiger partial charge in [0.25, 0.3) is 0 Å². The summed E-state index contributed by atoms with van der Waals surface area (Å²) < 4.78 is 0. The first kappa shape index (κ1) is 65.9. The summed E-state index contributed by atoms with van der Waals surface area (Å²) >= 11 is 0. The standard InChI is InChI=1S/C63H123NO3/c1-3-5-7-9-11-13-15-17-19-21-23-25-27-28-29-30-31-32-33-34-35-36-37-39-41-43-45-47-49-51-53-55-57-59-63(67)64-61(60-65)62(66)58-56-54-52-50-48-46-44-42-40-38-26-24-22-20-18-16-14-12-10-8-6-4-2/h28-29,56,58,61-62,65-66H,3-27,30-55,57,59-60H2,1-2H3,(H,64,67)/b29-28-,58-56+. The number of hydrogen-bond donors (Lipinski definition) is 3. The van der Waals surface area contributed by atoms with E-state index in [4.69, 9.17) is 0 Å². The van der Waals surface area contributed by atoms with E-state index >= 15 is 0 Å². The van der Waals surface area contributed by atoms with Crippen LogP contribution in [0.5, 0.6) is 0 Å². The van der Waals surface area contributed by atoms with Crippen LogP contribution in [0.25, 0.3) is 0 Å². The molecule has 0 spiro atoms. The molecule has 0 fully saturated rings. The molecule has 4 heteroatoms. The molecule has 3 N–H and O–H groups in total. The minimum absolute atomic E-state index is 0.0565. The average Bonchev–Trinajstić information content (AvgIpc) is 3.33. The summed E-state index contributed by atoms with van der Waals surface area (Å²) in [6, 6.07) is -0.620. The molecular weight excluding hydrogens is 819 g/mol. The Bertz CT molecular complexity index is 978. The number of allylic oxidation sites excluding steroid dienone is 3. The van der Waals surface area contributed by atoms with Gasteiger partial charge < -0.3 is 15.5 Å². The molecule has 0 aromatic heterocycles. The number of aliphatic hydroxyl groups excluding tert-OH is 2. The van der Waals surface area contributed by atoms with Crippen molar-refractivity contribution >= 4 is 5.91 Å². The predicted molar refractivity (Wildman–Crippen MR) is 299 cm³/mol. The normalized spacial score (nSPS) is 12.8. The highest BCUT2D eigenvalue weighted by Gasteiger charge is 2.18. The van der Waals surface area contributed by atoms with E-state index < -0.39 is 12.1 Å². The number of rotatable bonds is 58. The lowest BCUT2D eigenvalue weighted by molar-refractivity contribution is -0.123. The SMILES string of the molecule is CCCCCCCCCCCCCC/C=C\CCCCCCCCCCCCCCCCCCCC(=O)NC(CO)C(O)/C=C/CCCCCCCCCCCCCCCCCCCCCC. The summed E-state index contributed by atoms with van der Waals surface area (Å²) in [7, 11) is 0. The van der Waals surface area contributed by atoms with Crippen LogP contribution in [0.4, 0.5) is 0 Å². The van der Waals surface area contributed by atoms with Crippen LogP contribution in [0.3, 0.4) is 0 Å². The van der Waals surface area contributed by atoms with Gasteiger partial charge in [-0.3, -0.25) is 4.79 Å². The van der Waals surface area contributed by atoms with E-state index in [9.17, 15) is 15.0 Å². The van der Waals surface area contributed by atoms with Gasteiger partial charge in [-0.25, -0.2) is 0 Å². The number of unbranched alkanes of at least 4 members (excludes halogenated alkanes) is 49. The minimum Gasteiger partial charge on any atom is -0.394 e. The second-order valence-electron chi connectivity index (χ2n) is 21.5. The van der Waals surface area contributed by atoms with Crippen LogP contribution < -0.4 is 5.32 Å². The van der Waals surface area contributed by atoms with Gasteiger partial charge in [0, 0.05) is 6.42 Å². The quantitative estimate of drug-likeness (QED) is 0.0420. The van der Waals surface area contributed by atoms with E-state index in [-0.39, 0.29) is 12.5 Å². The molecule has 0 aliphatic heterocycles. The maximum absolute atomic E-state index is 12.5. The Labute approximate surface area is 421 Å². The van der Waals surface area contributed by atoms with Crippen molar-refractivity contribution in [2.45, 2.75) is 366 Å². The smallest absolute Gasteiger partial charge is 0.220 e. The van der Waals surface area contributed by atoms with Gasteiger partial charge in [-0.15, -0.1) is 0 Å². The number of amides is 1. The van der Waals surface area contributed by atoms with Crippen molar-refractivity contribution in [2.75, 3.05) is 6.61 Å². The molecule has 4 nitrogen and oxygen atoms in total. The molecule has 0 bridgehead atoms. The Balaban J connectivity index is 3.43. The molecule has 0 aliphatic rings. The van der Waals surface area contributed by atoms with E-state index in [0.717, 1.165) is 25.7 Å². The van der Waals surface area contributed by atoms with Gasteiger partial charge in [0.15, 0.2) is 0 Å².